The van der Waals surface area contributed by atoms with Crippen LogP contribution in [-0.2, 0) is 0 Å². The Morgan fingerprint density at radius 1 is 1.05 bits per heavy atom. The zero-order valence-electron chi connectivity index (χ0n) is 10.4. The normalized spacial score (nSPS) is 12.8. The van der Waals surface area contributed by atoms with Gasteiger partial charge in [-0.1, -0.05) is 36.4 Å². The van der Waals surface area contributed by atoms with Crippen LogP contribution in [0.1, 0.15) is 22.8 Å². The van der Waals surface area contributed by atoms with Crippen LogP contribution in [0.5, 0.6) is 0 Å². The van der Waals surface area contributed by atoms with Crippen LogP contribution in [-0.4, -0.2) is 5.11 Å². The minimum atomic E-state index is -0.561. The number of aryl methyl sites for hydroxylation is 1. The lowest BCUT2D eigenvalue weighted by atomic mass is 9.99. The first kappa shape index (κ1) is 13.1. The minimum absolute atomic E-state index is 0.561. The molecular weight excluding hydrogens is 367 g/mol. The molecule has 19 heavy (non-hydrogen) atoms. The molecule has 3 heteroatoms. The van der Waals surface area contributed by atoms with Gasteiger partial charge in [-0.25, -0.2) is 0 Å². The minimum Gasteiger partial charge on any atom is -0.384 e. The molecule has 0 bridgehead atoms. The van der Waals surface area contributed by atoms with Crippen LogP contribution < -0.4 is 0 Å². The maximum atomic E-state index is 10.7. The van der Waals surface area contributed by atoms with E-state index in [0.29, 0.717) is 0 Å². The first-order valence-corrected chi connectivity index (χ1v) is 8.03. The van der Waals surface area contributed by atoms with E-state index in [1.54, 1.807) is 11.3 Å². The summed E-state index contributed by atoms with van der Waals surface area (Å²) in [5, 5.41) is 14.0. The Hall–Kier alpha value is -0.910. The number of benzene rings is 2. The van der Waals surface area contributed by atoms with Crippen LogP contribution in [0, 0.1) is 10.5 Å². The Morgan fingerprint density at radius 2 is 1.79 bits per heavy atom. The van der Waals surface area contributed by atoms with Crippen LogP contribution in [0.25, 0.3) is 10.1 Å². The summed E-state index contributed by atoms with van der Waals surface area (Å²) in [6, 6.07) is 14.3. The standard InChI is InChI=1S/C16H13IOS/c1-10-4-2-6-12(14(10)17)15(18)13-7-3-5-11-8-9-19-16(11)13/h2-9,15,18H,1H3. The highest BCUT2D eigenvalue weighted by Crippen LogP contribution is 2.34. The fourth-order valence-corrected chi connectivity index (χ4v) is 3.87. The van der Waals surface area contributed by atoms with Gasteiger partial charge in [-0.2, -0.15) is 0 Å². The Bertz CT molecular complexity index is 732. The van der Waals surface area contributed by atoms with Crippen LogP contribution in [0.3, 0.4) is 0 Å². The molecule has 0 aliphatic rings. The Balaban J connectivity index is 2.16. The quantitative estimate of drug-likeness (QED) is 0.628. The monoisotopic (exact) mass is 380 g/mol. The van der Waals surface area contributed by atoms with E-state index in [2.05, 4.69) is 53.1 Å². The van der Waals surface area contributed by atoms with Gasteiger partial charge in [0.2, 0.25) is 0 Å². The molecule has 3 aromatic rings. The highest BCUT2D eigenvalue weighted by molar-refractivity contribution is 14.1. The maximum Gasteiger partial charge on any atom is 0.106 e. The Morgan fingerprint density at radius 3 is 2.63 bits per heavy atom. The summed E-state index contributed by atoms with van der Waals surface area (Å²) in [4.78, 5) is 0. The summed E-state index contributed by atoms with van der Waals surface area (Å²) < 4.78 is 2.31. The van der Waals surface area contributed by atoms with Gasteiger partial charge in [0, 0.05) is 13.8 Å². The smallest absolute Gasteiger partial charge is 0.106 e. The summed E-state index contributed by atoms with van der Waals surface area (Å²) in [6.07, 6.45) is -0.561. The third kappa shape index (κ3) is 2.30. The number of aliphatic hydroxyl groups is 1. The summed E-state index contributed by atoms with van der Waals surface area (Å²) in [7, 11) is 0. The average molecular weight is 380 g/mol. The van der Waals surface area contributed by atoms with Crippen molar-refractivity contribution < 1.29 is 5.11 Å². The van der Waals surface area contributed by atoms with Gasteiger partial charge in [0.25, 0.3) is 0 Å². The van der Waals surface area contributed by atoms with Gasteiger partial charge in [0.1, 0.15) is 6.10 Å². The molecule has 1 N–H and O–H groups in total. The topological polar surface area (TPSA) is 20.2 Å². The van der Waals surface area contributed by atoms with Crippen molar-refractivity contribution in [3.63, 3.8) is 0 Å². The molecule has 1 atom stereocenters. The molecule has 2 aromatic carbocycles. The molecule has 1 unspecified atom stereocenters. The number of aliphatic hydroxyl groups excluding tert-OH is 1. The highest BCUT2D eigenvalue weighted by atomic mass is 127. The number of thiophene rings is 1. The van der Waals surface area contributed by atoms with Crippen molar-refractivity contribution in [1.29, 1.82) is 0 Å². The molecule has 0 radical (unpaired) electrons. The lowest BCUT2D eigenvalue weighted by Crippen LogP contribution is -2.03. The average Bonchev–Trinajstić information content (AvgIpc) is 2.89. The van der Waals surface area contributed by atoms with Crippen molar-refractivity contribution in [3.8, 4) is 0 Å². The molecule has 0 amide bonds. The van der Waals surface area contributed by atoms with E-state index in [1.807, 2.05) is 24.3 Å². The molecule has 96 valence electrons. The number of hydrogen-bond acceptors (Lipinski definition) is 2. The maximum absolute atomic E-state index is 10.7. The van der Waals surface area contributed by atoms with E-state index in [-0.39, 0.29) is 0 Å². The lowest BCUT2D eigenvalue weighted by Gasteiger charge is -2.15. The molecule has 3 rings (SSSR count). The molecule has 0 spiro atoms. The first-order valence-electron chi connectivity index (χ1n) is 6.07. The van der Waals surface area contributed by atoms with Gasteiger partial charge in [0.05, 0.1) is 0 Å². The number of hydrogen-bond donors (Lipinski definition) is 1. The molecule has 0 fully saturated rings. The van der Waals surface area contributed by atoms with E-state index in [9.17, 15) is 5.11 Å². The van der Waals surface area contributed by atoms with Gasteiger partial charge in [-0.05, 0) is 57.5 Å². The second-order valence-electron chi connectivity index (χ2n) is 4.57. The van der Waals surface area contributed by atoms with E-state index in [1.165, 1.54) is 15.6 Å². The fraction of sp³-hybridized carbons (Fsp3) is 0.125. The SMILES string of the molecule is Cc1cccc(C(O)c2cccc3ccsc23)c1I. The number of halogens is 1. The predicted octanol–water partition coefficient (Wildman–Crippen LogP) is 4.90. The molecule has 0 saturated heterocycles. The third-order valence-corrected chi connectivity index (χ3v) is 5.77. The molecule has 0 saturated carbocycles. The zero-order valence-corrected chi connectivity index (χ0v) is 13.4. The molecule has 0 aliphatic carbocycles. The van der Waals surface area contributed by atoms with Gasteiger partial charge in [0.15, 0.2) is 0 Å². The lowest BCUT2D eigenvalue weighted by molar-refractivity contribution is 0.221. The van der Waals surface area contributed by atoms with Gasteiger partial charge < -0.3 is 5.11 Å². The van der Waals surface area contributed by atoms with Gasteiger partial charge >= 0.3 is 0 Å². The summed E-state index contributed by atoms with van der Waals surface area (Å²) in [6.45, 7) is 2.07. The van der Waals surface area contributed by atoms with Crippen molar-refractivity contribution in [2.75, 3.05) is 0 Å². The van der Waals surface area contributed by atoms with Crippen molar-refractivity contribution >= 4 is 44.0 Å². The van der Waals surface area contributed by atoms with Crippen LogP contribution in [0.4, 0.5) is 0 Å². The van der Waals surface area contributed by atoms with Crippen LogP contribution in [0.15, 0.2) is 47.8 Å². The van der Waals surface area contributed by atoms with Crippen molar-refractivity contribution in [3.05, 3.63) is 68.1 Å². The largest absolute Gasteiger partial charge is 0.384 e. The summed E-state index contributed by atoms with van der Waals surface area (Å²) in [5.74, 6) is 0. The second-order valence-corrected chi connectivity index (χ2v) is 6.56. The molecule has 1 nitrogen and oxygen atoms in total. The predicted molar refractivity (Wildman–Crippen MR) is 89.8 cm³/mol. The summed E-state index contributed by atoms with van der Waals surface area (Å²) in [5.41, 5.74) is 3.19. The third-order valence-electron chi connectivity index (χ3n) is 3.32. The van der Waals surface area contributed by atoms with E-state index >= 15 is 0 Å². The van der Waals surface area contributed by atoms with Crippen molar-refractivity contribution in [2.24, 2.45) is 0 Å². The number of fused-ring (bicyclic) bond motifs is 1. The van der Waals surface area contributed by atoms with E-state index in [0.717, 1.165) is 14.7 Å². The van der Waals surface area contributed by atoms with Crippen LogP contribution in [0.2, 0.25) is 0 Å². The molecule has 1 heterocycles. The summed E-state index contributed by atoms with van der Waals surface area (Å²) >= 11 is 4.00. The van der Waals surface area contributed by atoms with Crippen molar-refractivity contribution in [1.82, 2.24) is 0 Å². The Labute approximate surface area is 130 Å². The first-order chi connectivity index (χ1) is 9.18. The second kappa shape index (κ2) is 5.23. The molecule has 1 aromatic heterocycles. The highest BCUT2D eigenvalue weighted by Gasteiger charge is 2.17. The van der Waals surface area contributed by atoms with Gasteiger partial charge in [-0.15, -0.1) is 11.3 Å². The molecule has 0 aliphatic heterocycles. The van der Waals surface area contributed by atoms with E-state index < -0.39 is 6.10 Å². The van der Waals surface area contributed by atoms with Crippen LogP contribution >= 0.6 is 33.9 Å². The fourth-order valence-electron chi connectivity index (χ4n) is 2.28. The molecular formula is C16H13IOS. The van der Waals surface area contributed by atoms with E-state index in [4.69, 9.17) is 0 Å². The van der Waals surface area contributed by atoms with Gasteiger partial charge in [-0.3, -0.25) is 0 Å². The Kier molecular flexibility index (Phi) is 3.60. The number of rotatable bonds is 2. The zero-order chi connectivity index (χ0) is 13.4. The van der Waals surface area contributed by atoms with Crippen molar-refractivity contribution in [2.45, 2.75) is 13.0 Å².